The number of nitrogens with one attached hydrogen (secondary N) is 1. The summed E-state index contributed by atoms with van der Waals surface area (Å²) in [5, 5.41) is 3.25. The van der Waals surface area contributed by atoms with Gasteiger partial charge in [-0.1, -0.05) is 13.0 Å². The Balaban J connectivity index is 2.26. The maximum Gasteiger partial charge on any atom is 0.267 e. The van der Waals surface area contributed by atoms with Crippen LogP contribution in [0.2, 0.25) is 0 Å². The lowest BCUT2D eigenvalue weighted by Crippen LogP contribution is -2.26. The molecule has 2 aromatic heterocycles. The summed E-state index contributed by atoms with van der Waals surface area (Å²) in [5.41, 5.74) is 0.826. The van der Waals surface area contributed by atoms with Crippen LogP contribution in [0.25, 0.3) is 0 Å². The summed E-state index contributed by atoms with van der Waals surface area (Å²) < 4.78 is 2.27. The van der Waals surface area contributed by atoms with Gasteiger partial charge in [0.05, 0.1) is 15.8 Å². The zero-order valence-corrected chi connectivity index (χ0v) is 13.7. The van der Waals surface area contributed by atoms with Crippen LogP contribution >= 0.6 is 22.6 Å². The Hall–Kier alpha value is -1.44. The van der Waals surface area contributed by atoms with Crippen molar-refractivity contribution in [3.8, 4) is 0 Å². The molecule has 0 aliphatic heterocycles. The summed E-state index contributed by atoms with van der Waals surface area (Å²) in [6.07, 6.45) is 2.65. The van der Waals surface area contributed by atoms with Crippen LogP contribution in [0.4, 0.5) is 5.82 Å². The third-order valence-electron chi connectivity index (χ3n) is 2.89. The van der Waals surface area contributed by atoms with Crippen LogP contribution in [0.15, 0.2) is 29.2 Å². The second-order valence-electron chi connectivity index (χ2n) is 4.49. The zero-order chi connectivity index (χ0) is 14.5. The first-order chi connectivity index (χ1) is 9.61. The number of halogens is 1. The molecule has 0 unspecified atom stereocenters. The third kappa shape index (κ3) is 3.56. The van der Waals surface area contributed by atoms with Crippen molar-refractivity contribution in [1.29, 1.82) is 0 Å². The maximum atomic E-state index is 12.1. The minimum Gasteiger partial charge on any atom is -0.370 e. The van der Waals surface area contributed by atoms with E-state index in [2.05, 4.69) is 22.2 Å². The highest BCUT2D eigenvalue weighted by Gasteiger charge is 2.07. The Morgan fingerprint density at radius 2 is 2.20 bits per heavy atom. The predicted molar refractivity (Wildman–Crippen MR) is 88.1 cm³/mol. The van der Waals surface area contributed by atoms with E-state index in [1.54, 1.807) is 10.8 Å². The summed E-state index contributed by atoms with van der Waals surface area (Å²) in [7, 11) is 0. The Morgan fingerprint density at radius 3 is 2.95 bits per heavy atom. The van der Waals surface area contributed by atoms with E-state index < -0.39 is 0 Å². The SMILES string of the molecule is CCCNc1cccc(Cn2c(C)ncc(I)c2=O)n1. The van der Waals surface area contributed by atoms with Crippen molar-refractivity contribution in [1.82, 2.24) is 14.5 Å². The predicted octanol–water partition coefficient (Wildman–Crippen LogP) is 2.42. The summed E-state index contributed by atoms with van der Waals surface area (Å²) in [4.78, 5) is 20.9. The summed E-state index contributed by atoms with van der Waals surface area (Å²) in [6.45, 7) is 5.27. The standard InChI is InChI=1S/C14H17IN4O/c1-3-7-16-13-6-4-5-11(18-13)9-19-10(2)17-8-12(15)14(19)20/h4-6,8H,3,7,9H2,1-2H3,(H,16,18). The van der Waals surface area contributed by atoms with Crippen LogP contribution in [0.3, 0.4) is 0 Å². The van der Waals surface area contributed by atoms with Crippen molar-refractivity contribution in [3.05, 3.63) is 49.8 Å². The number of pyridine rings is 1. The van der Waals surface area contributed by atoms with Crippen molar-refractivity contribution in [2.24, 2.45) is 0 Å². The lowest BCUT2D eigenvalue weighted by atomic mass is 10.3. The Bertz CT molecular complexity index is 654. The van der Waals surface area contributed by atoms with Crippen LogP contribution in [-0.2, 0) is 6.54 Å². The number of nitrogens with zero attached hydrogens (tertiary/aromatic N) is 3. The van der Waals surface area contributed by atoms with Crippen LogP contribution in [0.5, 0.6) is 0 Å². The van der Waals surface area contributed by atoms with Gasteiger partial charge < -0.3 is 5.32 Å². The van der Waals surface area contributed by atoms with Crippen LogP contribution in [-0.4, -0.2) is 21.1 Å². The molecule has 20 heavy (non-hydrogen) atoms. The van der Waals surface area contributed by atoms with Gasteiger partial charge in [-0.3, -0.25) is 9.36 Å². The molecule has 0 radical (unpaired) electrons. The molecular weight excluding hydrogens is 367 g/mol. The van der Waals surface area contributed by atoms with Crippen molar-refractivity contribution in [2.75, 3.05) is 11.9 Å². The molecule has 2 rings (SSSR count). The van der Waals surface area contributed by atoms with E-state index in [9.17, 15) is 4.79 Å². The fraction of sp³-hybridized carbons (Fsp3) is 0.357. The molecule has 2 aromatic rings. The van der Waals surface area contributed by atoms with Crippen molar-refractivity contribution in [3.63, 3.8) is 0 Å². The van der Waals surface area contributed by atoms with E-state index in [1.165, 1.54) is 0 Å². The van der Waals surface area contributed by atoms with Gasteiger partial charge >= 0.3 is 0 Å². The molecule has 0 saturated carbocycles. The van der Waals surface area contributed by atoms with E-state index in [0.29, 0.717) is 15.9 Å². The van der Waals surface area contributed by atoms with E-state index in [-0.39, 0.29) is 5.56 Å². The van der Waals surface area contributed by atoms with E-state index in [1.807, 2.05) is 47.7 Å². The minimum atomic E-state index is -0.0215. The molecule has 106 valence electrons. The average Bonchev–Trinajstić information content (AvgIpc) is 2.46. The Kier molecular flexibility index (Phi) is 5.11. The van der Waals surface area contributed by atoms with E-state index >= 15 is 0 Å². The molecular formula is C14H17IN4O. The molecule has 0 saturated heterocycles. The highest BCUT2D eigenvalue weighted by Crippen LogP contribution is 2.07. The van der Waals surface area contributed by atoms with Crippen LogP contribution in [0, 0.1) is 10.5 Å². The van der Waals surface area contributed by atoms with Crippen LogP contribution < -0.4 is 10.9 Å². The molecule has 0 amide bonds. The number of anilines is 1. The number of hydrogen-bond donors (Lipinski definition) is 1. The fourth-order valence-electron chi connectivity index (χ4n) is 1.82. The van der Waals surface area contributed by atoms with Crippen molar-refractivity contribution in [2.45, 2.75) is 26.8 Å². The van der Waals surface area contributed by atoms with Crippen LogP contribution in [0.1, 0.15) is 24.9 Å². The van der Waals surface area contributed by atoms with Gasteiger partial charge in [-0.05, 0) is 48.1 Å². The number of aryl methyl sites for hydroxylation is 1. The number of rotatable bonds is 5. The number of hydrogen-bond acceptors (Lipinski definition) is 4. The lowest BCUT2D eigenvalue weighted by molar-refractivity contribution is 0.681. The van der Waals surface area contributed by atoms with Gasteiger partial charge in [0, 0.05) is 12.7 Å². The molecule has 0 fully saturated rings. The highest BCUT2D eigenvalue weighted by molar-refractivity contribution is 14.1. The monoisotopic (exact) mass is 384 g/mol. The highest BCUT2D eigenvalue weighted by atomic mass is 127. The van der Waals surface area contributed by atoms with E-state index in [4.69, 9.17) is 0 Å². The van der Waals surface area contributed by atoms with Gasteiger partial charge in [-0.15, -0.1) is 0 Å². The van der Waals surface area contributed by atoms with Gasteiger partial charge in [0.2, 0.25) is 0 Å². The third-order valence-corrected chi connectivity index (χ3v) is 3.63. The summed E-state index contributed by atoms with van der Waals surface area (Å²) >= 11 is 2.01. The lowest BCUT2D eigenvalue weighted by Gasteiger charge is -2.10. The molecule has 2 heterocycles. The topological polar surface area (TPSA) is 59.8 Å². The van der Waals surface area contributed by atoms with Gasteiger partial charge in [0.25, 0.3) is 5.56 Å². The zero-order valence-electron chi connectivity index (χ0n) is 11.6. The maximum absolute atomic E-state index is 12.1. The normalized spacial score (nSPS) is 10.6. The second kappa shape index (κ2) is 6.83. The average molecular weight is 384 g/mol. The fourth-order valence-corrected chi connectivity index (χ4v) is 2.25. The molecule has 0 aliphatic rings. The molecule has 0 aliphatic carbocycles. The van der Waals surface area contributed by atoms with E-state index in [0.717, 1.165) is 24.5 Å². The second-order valence-corrected chi connectivity index (χ2v) is 5.65. The molecule has 1 N–H and O–H groups in total. The van der Waals surface area contributed by atoms with Gasteiger partial charge in [0.1, 0.15) is 11.6 Å². The molecule has 0 spiro atoms. The quantitative estimate of drug-likeness (QED) is 0.805. The molecule has 0 atom stereocenters. The summed E-state index contributed by atoms with van der Waals surface area (Å²) in [5.74, 6) is 1.54. The van der Waals surface area contributed by atoms with Gasteiger partial charge in [0.15, 0.2) is 0 Å². The molecule has 6 heteroatoms. The van der Waals surface area contributed by atoms with Crippen molar-refractivity contribution < 1.29 is 0 Å². The first-order valence-corrected chi connectivity index (χ1v) is 7.61. The Morgan fingerprint density at radius 1 is 1.40 bits per heavy atom. The Labute approximate surface area is 131 Å². The molecule has 0 bridgehead atoms. The smallest absolute Gasteiger partial charge is 0.267 e. The van der Waals surface area contributed by atoms with Crippen molar-refractivity contribution >= 4 is 28.4 Å². The largest absolute Gasteiger partial charge is 0.370 e. The summed E-state index contributed by atoms with van der Waals surface area (Å²) in [6, 6.07) is 5.80. The minimum absolute atomic E-state index is 0.0215. The molecule has 0 aromatic carbocycles. The number of aromatic nitrogens is 3. The van der Waals surface area contributed by atoms with Gasteiger partial charge in [-0.2, -0.15) is 0 Å². The van der Waals surface area contributed by atoms with Gasteiger partial charge in [-0.25, -0.2) is 9.97 Å². The first-order valence-electron chi connectivity index (χ1n) is 6.53. The first kappa shape index (κ1) is 15.0. The molecule has 5 nitrogen and oxygen atoms in total.